The summed E-state index contributed by atoms with van der Waals surface area (Å²) in [6.07, 6.45) is 0.853. The van der Waals surface area contributed by atoms with E-state index in [2.05, 4.69) is 37.9 Å². The smallest absolute Gasteiger partial charge is 0.0801 e. The van der Waals surface area contributed by atoms with Crippen LogP contribution < -0.4 is 5.73 Å². The summed E-state index contributed by atoms with van der Waals surface area (Å²) in [4.78, 5) is 5.71. The fourth-order valence-corrected chi connectivity index (χ4v) is 3.34. The van der Waals surface area contributed by atoms with Crippen molar-refractivity contribution in [3.8, 4) is 10.4 Å². The summed E-state index contributed by atoms with van der Waals surface area (Å²) in [5.41, 5.74) is 14.0. The normalized spacial score (nSPS) is 10.8. The Morgan fingerprint density at radius 3 is 2.41 bits per heavy atom. The molecule has 1 heterocycles. The number of hydrogen-bond donors (Lipinski definition) is 1. The van der Waals surface area contributed by atoms with Crippen molar-refractivity contribution in [3.63, 3.8) is 0 Å². The van der Waals surface area contributed by atoms with Crippen LogP contribution in [0.15, 0.2) is 17.6 Å². The second kappa shape index (κ2) is 4.98. The highest BCUT2D eigenvalue weighted by atomic mass is 32.1. The van der Waals surface area contributed by atoms with Gasteiger partial charge in [0.1, 0.15) is 0 Å². The second-order valence-electron chi connectivity index (χ2n) is 4.44. The molecule has 2 aromatic rings. The molecule has 0 aliphatic rings. The van der Waals surface area contributed by atoms with Crippen molar-refractivity contribution in [2.75, 3.05) is 6.54 Å². The van der Waals surface area contributed by atoms with E-state index in [9.17, 15) is 0 Å². The van der Waals surface area contributed by atoms with Crippen LogP contribution in [0.5, 0.6) is 0 Å². The van der Waals surface area contributed by atoms with Crippen molar-refractivity contribution in [1.29, 1.82) is 0 Å². The lowest BCUT2D eigenvalue weighted by Gasteiger charge is -2.11. The molecule has 0 unspecified atom stereocenters. The molecule has 0 saturated heterocycles. The van der Waals surface area contributed by atoms with Crippen LogP contribution in [0, 0.1) is 20.8 Å². The summed E-state index contributed by atoms with van der Waals surface area (Å²) in [6.45, 7) is 7.13. The van der Waals surface area contributed by atoms with Crippen LogP contribution in [0.2, 0.25) is 0 Å². The predicted octanol–water partition coefficient (Wildman–Crippen LogP) is 3.24. The van der Waals surface area contributed by atoms with Gasteiger partial charge in [-0.15, -0.1) is 11.3 Å². The van der Waals surface area contributed by atoms with Gasteiger partial charge in [-0.2, -0.15) is 0 Å². The Morgan fingerprint density at radius 2 is 1.82 bits per heavy atom. The molecule has 17 heavy (non-hydrogen) atoms. The first-order valence-electron chi connectivity index (χ1n) is 5.84. The molecule has 2 rings (SSSR count). The van der Waals surface area contributed by atoms with Gasteiger partial charge in [-0.3, -0.25) is 0 Å². The third-order valence-electron chi connectivity index (χ3n) is 2.93. The minimum absolute atomic E-state index is 0.653. The lowest BCUT2D eigenvalue weighted by Crippen LogP contribution is -2.04. The molecule has 2 nitrogen and oxygen atoms in total. The highest BCUT2D eigenvalue weighted by Crippen LogP contribution is 2.33. The number of aromatic nitrogens is 1. The van der Waals surface area contributed by atoms with Crippen molar-refractivity contribution in [2.24, 2.45) is 5.73 Å². The quantitative estimate of drug-likeness (QED) is 0.903. The van der Waals surface area contributed by atoms with Crippen molar-refractivity contribution in [2.45, 2.75) is 27.2 Å². The van der Waals surface area contributed by atoms with Gasteiger partial charge in [0.2, 0.25) is 0 Å². The summed E-state index contributed by atoms with van der Waals surface area (Å²) in [5, 5.41) is 0. The minimum Gasteiger partial charge on any atom is -0.330 e. The molecule has 0 amide bonds. The van der Waals surface area contributed by atoms with Crippen LogP contribution in [0.1, 0.15) is 22.4 Å². The largest absolute Gasteiger partial charge is 0.330 e. The third kappa shape index (κ3) is 2.40. The van der Waals surface area contributed by atoms with Crippen LogP contribution in [-0.2, 0) is 6.42 Å². The Bertz CT molecular complexity index is 506. The maximum atomic E-state index is 5.63. The lowest BCUT2D eigenvalue weighted by atomic mass is 9.97. The molecule has 2 N–H and O–H groups in total. The van der Waals surface area contributed by atoms with Crippen LogP contribution >= 0.6 is 11.3 Å². The van der Waals surface area contributed by atoms with Crippen LogP contribution in [0.3, 0.4) is 0 Å². The van der Waals surface area contributed by atoms with E-state index >= 15 is 0 Å². The molecule has 3 heteroatoms. The summed E-state index contributed by atoms with van der Waals surface area (Å²) in [6, 6.07) is 4.46. The van der Waals surface area contributed by atoms with Crippen LogP contribution in [-0.4, -0.2) is 11.5 Å². The van der Waals surface area contributed by atoms with Crippen LogP contribution in [0.25, 0.3) is 10.4 Å². The summed E-state index contributed by atoms with van der Waals surface area (Å²) in [5.74, 6) is 0. The average molecular weight is 246 g/mol. The van der Waals surface area contributed by atoms with Crippen molar-refractivity contribution in [3.05, 3.63) is 40.0 Å². The maximum absolute atomic E-state index is 5.63. The number of nitrogens with two attached hydrogens (primary N) is 1. The van der Waals surface area contributed by atoms with E-state index in [0.29, 0.717) is 6.54 Å². The summed E-state index contributed by atoms with van der Waals surface area (Å²) in [7, 11) is 0. The molecule has 0 aliphatic carbocycles. The van der Waals surface area contributed by atoms with E-state index in [4.69, 9.17) is 5.73 Å². The summed E-state index contributed by atoms with van der Waals surface area (Å²) < 4.78 is 0. The Hall–Kier alpha value is -1.19. The van der Waals surface area contributed by atoms with Gasteiger partial charge < -0.3 is 5.73 Å². The molecule has 0 aliphatic heterocycles. The summed E-state index contributed by atoms with van der Waals surface area (Å²) >= 11 is 1.71. The fourth-order valence-electron chi connectivity index (χ4n) is 2.33. The number of thiazole rings is 1. The van der Waals surface area contributed by atoms with E-state index in [1.807, 2.05) is 5.51 Å². The molecule has 0 spiro atoms. The Morgan fingerprint density at radius 1 is 1.18 bits per heavy atom. The Kier molecular flexibility index (Phi) is 3.60. The van der Waals surface area contributed by atoms with Gasteiger partial charge in [0.15, 0.2) is 0 Å². The number of benzene rings is 1. The zero-order valence-corrected chi connectivity index (χ0v) is 11.4. The first-order valence-corrected chi connectivity index (χ1v) is 6.72. The monoisotopic (exact) mass is 246 g/mol. The van der Waals surface area contributed by atoms with Gasteiger partial charge in [0.25, 0.3) is 0 Å². The predicted molar refractivity (Wildman–Crippen MR) is 74.5 cm³/mol. The van der Waals surface area contributed by atoms with Crippen LogP contribution in [0.4, 0.5) is 0 Å². The van der Waals surface area contributed by atoms with Gasteiger partial charge in [0.05, 0.1) is 16.1 Å². The van der Waals surface area contributed by atoms with Crippen molar-refractivity contribution in [1.82, 2.24) is 4.98 Å². The first-order chi connectivity index (χ1) is 8.13. The maximum Gasteiger partial charge on any atom is 0.0801 e. The van der Waals surface area contributed by atoms with Gasteiger partial charge >= 0.3 is 0 Å². The molecular weight excluding hydrogens is 228 g/mol. The van der Waals surface area contributed by atoms with Gasteiger partial charge in [-0.05, 0) is 44.0 Å². The highest BCUT2D eigenvalue weighted by Gasteiger charge is 2.13. The standard InChI is InChI=1S/C14H18N2S/c1-9-6-10(2)13(11(3)7-9)14-12(4-5-15)16-8-17-14/h6-8H,4-5,15H2,1-3H3. The van der Waals surface area contributed by atoms with Crippen molar-refractivity contribution >= 4 is 11.3 Å². The molecule has 1 aromatic carbocycles. The van der Waals surface area contributed by atoms with E-state index < -0.39 is 0 Å². The molecule has 0 fully saturated rings. The topological polar surface area (TPSA) is 38.9 Å². The molecule has 0 radical (unpaired) electrons. The number of nitrogens with zero attached hydrogens (tertiary/aromatic N) is 1. The van der Waals surface area contributed by atoms with E-state index in [1.54, 1.807) is 11.3 Å². The van der Waals surface area contributed by atoms with Crippen molar-refractivity contribution < 1.29 is 0 Å². The van der Waals surface area contributed by atoms with E-state index in [-0.39, 0.29) is 0 Å². The zero-order valence-electron chi connectivity index (χ0n) is 10.6. The Labute approximate surface area is 107 Å². The van der Waals surface area contributed by atoms with E-state index in [0.717, 1.165) is 12.1 Å². The molecule has 0 bridgehead atoms. The van der Waals surface area contributed by atoms with Gasteiger partial charge in [0, 0.05) is 6.42 Å². The second-order valence-corrected chi connectivity index (χ2v) is 5.30. The van der Waals surface area contributed by atoms with Gasteiger partial charge in [-0.25, -0.2) is 4.98 Å². The minimum atomic E-state index is 0.653. The molecular formula is C14H18N2S. The number of hydrogen-bond acceptors (Lipinski definition) is 3. The molecule has 0 atom stereocenters. The van der Waals surface area contributed by atoms with E-state index in [1.165, 1.54) is 27.1 Å². The lowest BCUT2D eigenvalue weighted by molar-refractivity contribution is 0.936. The molecule has 1 aromatic heterocycles. The Balaban J connectivity index is 2.56. The number of rotatable bonds is 3. The first kappa shape index (κ1) is 12.3. The average Bonchev–Trinajstić information content (AvgIpc) is 2.65. The van der Waals surface area contributed by atoms with Gasteiger partial charge in [-0.1, -0.05) is 17.7 Å². The highest BCUT2D eigenvalue weighted by molar-refractivity contribution is 7.13. The molecule has 90 valence electrons. The fraction of sp³-hybridized carbons (Fsp3) is 0.357. The zero-order chi connectivity index (χ0) is 12.4. The number of aryl methyl sites for hydroxylation is 3. The SMILES string of the molecule is Cc1cc(C)c(-c2scnc2CCN)c(C)c1. The third-order valence-corrected chi connectivity index (χ3v) is 3.81. The molecule has 0 saturated carbocycles.